The van der Waals surface area contributed by atoms with Crippen molar-refractivity contribution in [1.82, 2.24) is 0 Å². The van der Waals surface area contributed by atoms with E-state index in [-0.39, 0.29) is 11.7 Å². The van der Waals surface area contributed by atoms with Crippen LogP contribution in [-0.4, -0.2) is 6.29 Å². The highest BCUT2D eigenvalue weighted by Gasteiger charge is 2.13. The van der Waals surface area contributed by atoms with Crippen LogP contribution in [0, 0.1) is 24.6 Å². The molecule has 0 spiro atoms. The molecule has 0 aliphatic carbocycles. The van der Waals surface area contributed by atoms with Crippen LogP contribution in [0.1, 0.15) is 25.0 Å². The quantitative estimate of drug-likeness (QED) is 0.695. The van der Waals surface area contributed by atoms with E-state index in [1.54, 1.807) is 13.0 Å². The molecule has 0 fully saturated rings. The minimum absolute atomic E-state index is 0.0230. The van der Waals surface area contributed by atoms with Crippen LogP contribution in [0.15, 0.2) is 18.2 Å². The minimum atomic E-state index is -0.189. The summed E-state index contributed by atoms with van der Waals surface area (Å²) in [4.78, 5) is 10.8. The minimum Gasteiger partial charge on any atom is -0.303 e. The third-order valence-corrected chi connectivity index (χ3v) is 2.72. The predicted molar refractivity (Wildman–Crippen MR) is 59.2 cm³/mol. The maximum absolute atomic E-state index is 13.0. The Morgan fingerprint density at radius 1 is 1.40 bits per heavy atom. The Hall–Kier alpha value is -1.18. The van der Waals surface area contributed by atoms with E-state index in [2.05, 4.69) is 0 Å². The van der Waals surface area contributed by atoms with E-state index in [9.17, 15) is 9.18 Å². The zero-order valence-corrected chi connectivity index (χ0v) is 9.46. The third kappa shape index (κ3) is 3.15. The molecule has 0 bridgehead atoms. The maximum Gasteiger partial charge on any atom is 0.126 e. The highest BCUT2D eigenvalue weighted by atomic mass is 19.1. The summed E-state index contributed by atoms with van der Waals surface area (Å²) in [6, 6.07) is 5.03. The number of halogens is 1. The Kier molecular flexibility index (Phi) is 4.01. The van der Waals surface area contributed by atoms with Gasteiger partial charge in [-0.2, -0.15) is 0 Å². The normalized spacial score (nSPS) is 12.9. The Morgan fingerprint density at radius 2 is 2.07 bits per heavy atom. The van der Waals surface area contributed by atoms with Gasteiger partial charge in [0.2, 0.25) is 0 Å². The van der Waals surface area contributed by atoms with Crippen molar-refractivity contribution in [3.05, 3.63) is 35.1 Å². The average molecular weight is 208 g/mol. The van der Waals surface area contributed by atoms with Crippen LogP contribution in [0.2, 0.25) is 0 Å². The molecule has 1 atom stereocenters. The molecule has 0 aliphatic heterocycles. The number of benzene rings is 1. The summed E-state index contributed by atoms with van der Waals surface area (Å²) < 4.78 is 13.0. The summed E-state index contributed by atoms with van der Waals surface area (Å²) in [5.41, 5.74) is 1.67. The second-order valence-corrected chi connectivity index (χ2v) is 4.33. The van der Waals surface area contributed by atoms with Crippen molar-refractivity contribution in [1.29, 1.82) is 0 Å². The van der Waals surface area contributed by atoms with E-state index < -0.39 is 0 Å². The molecule has 0 saturated carbocycles. The van der Waals surface area contributed by atoms with Gasteiger partial charge in [-0.3, -0.25) is 0 Å². The average Bonchev–Trinajstić information content (AvgIpc) is 2.19. The fraction of sp³-hybridized carbons (Fsp3) is 0.462. The molecule has 0 amide bonds. The lowest BCUT2D eigenvalue weighted by molar-refractivity contribution is -0.112. The van der Waals surface area contributed by atoms with Gasteiger partial charge in [0.25, 0.3) is 0 Å². The molecule has 1 nitrogen and oxygen atoms in total. The third-order valence-electron chi connectivity index (χ3n) is 2.72. The zero-order valence-electron chi connectivity index (χ0n) is 9.46. The molecule has 1 unspecified atom stereocenters. The van der Waals surface area contributed by atoms with Gasteiger partial charge in [0.1, 0.15) is 12.1 Å². The molecule has 1 aromatic rings. The molecule has 0 saturated heterocycles. The fourth-order valence-electron chi connectivity index (χ4n) is 1.55. The standard InChI is InChI=1S/C13H17FO/c1-9(2)12(8-15)7-11-4-5-13(14)10(3)6-11/h4-6,8-9,12H,7H2,1-3H3. The predicted octanol–water partition coefficient (Wildman–Crippen LogP) is 3.15. The number of carbonyl (C=O) groups is 1. The lowest BCUT2D eigenvalue weighted by Crippen LogP contribution is -2.13. The molecular weight excluding hydrogens is 191 g/mol. The molecule has 15 heavy (non-hydrogen) atoms. The number of rotatable bonds is 4. The van der Waals surface area contributed by atoms with E-state index in [1.165, 1.54) is 6.07 Å². The van der Waals surface area contributed by atoms with E-state index in [1.807, 2.05) is 19.9 Å². The van der Waals surface area contributed by atoms with Gasteiger partial charge >= 0.3 is 0 Å². The summed E-state index contributed by atoms with van der Waals surface area (Å²) in [7, 11) is 0. The summed E-state index contributed by atoms with van der Waals surface area (Å²) in [5.74, 6) is 0.161. The van der Waals surface area contributed by atoms with Crippen LogP contribution < -0.4 is 0 Å². The highest BCUT2D eigenvalue weighted by Crippen LogP contribution is 2.17. The first kappa shape index (κ1) is 11.9. The van der Waals surface area contributed by atoms with Gasteiger partial charge in [-0.15, -0.1) is 0 Å². The highest BCUT2D eigenvalue weighted by molar-refractivity contribution is 5.54. The summed E-state index contributed by atoms with van der Waals surface area (Å²) in [6.07, 6.45) is 1.69. The van der Waals surface area contributed by atoms with Crippen molar-refractivity contribution in [2.24, 2.45) is 11.8 Å². The van der Waals surface area contributed by atoms with Gasteiger partial charge in [-0.05, 0) is 36.5 Å². The lowest BCUT2D eigenvalue weighted by atomic mass is 9.90. The molecule has 2 heteroatoms. The van der Waals surface area contributed by atoms with Crippen LogP contribution in [-0.2, 0) is 11.2 Å². The van der Waals surface area contributed by atoms with Crippen molar-refractivity contribution >= 4 is 6.29 Å². The van der Waals surface area contributed by atoms with E-state index in [4.69, 9.17) is 0 Å². The van der Waals surface area contributed by atoms with Gasteiger partial charge in [0.05, 0.1) is 0 Å². The number of carbonyl (C=O) groups excluding carboxylic acids is 1. The van der Waals surface area contributed by atoms with Crippen LogP contribution in [0.4, 0.5) is 4.39 Å². The van der Waals surface area contributed by atoms with Gasteiger partial charge < -0.3 is 4.79 Å². The lowest BCUT2D eigenvalue weighted by Gasteiger charge is -2.14. The summed E-state index contributed by atoms with van der Waals surface area (Å²) in [5, 5.41) is 0. The molecular formula is C13H17FO. The van der Waals surface area contributed by atoms with Crippen molar-refractivity contribution in [2.75, 3.05) is 0 Å². The van der Waals surface area contributed by atoms with Gasteiger partial charge in [0.15, 0.2) is 0 Å². The Bertz CT molecular complexity index is 344. The zero-order chi connectivity index (χ0) is 11.4. The molecule has 0 N–H and O–H groups in total. The monoisotopic (exact) mass is 208 g/mol. The molecule has 0 heterocycles. The van der Waals surface area contributed by atoms with Crippen LogP contribution in [0.5, 0.6) is 0 Å². The van der Waals surface area contributed by atoms with Crippen LogP contribution in [0.25, 0.3) is 0 Å². The van der Waals surface area contributed by atoms with Crippen molar-refractivity contribution in [3.63, 3.8) is 0 Å². The van der Waals surface area contributed by atoms with E-state index in [0.717, 1.165) is 11.8 Å². The first-order valence-corrected chi connectivity index (χ1v) is 5.25. The topological polar surface area (TPSA) is 17.1 Å². The van der Waals surface area contributed by atoms with Crippen molar-refractivity contribution < 1.29 is 9.18 Å². The smallest absolute Gasteiger partial charge is 0.126 e. The van der Waals surface area contributed by atoms with E-state index in [0.29, 0.717) is 17.9 Å². The van der Waals surface area contributed by atoms with Crippen molar-refractivity contribution in [2.45, 2.75) is 27.2 Å². The second-order valence-electron chi connectivity index (χ2n) is 4.33. The van der Waals surface area contributed by atoms with E-state index >= 15 is 0 Å². The summed E-state index contributed by atoms with van der Waals surface area (Å²) in [6.45, 7) is 5.79. The Balaban J connectivity index is 2.80. The molecule has 1 rings (SSSR count). The number of hydrogen-bond acceptors (Lipinski definition) is 1. The molecule has 0 aromatic heterocycles. The number of aryl methyl sites for hydroxylation is 1. The maximum atomic E-state index is 13.0. The first-order valence-electron chi connectivity index (χ1n) is 5.25. The number of aldehydes is 1. The summed E-state index contributed by atoms with van der Waals surface area (Å²) >= 11 is 0. The second kappa shape index (κ2) is 5.06. The molecule has 82 valence electrons. The Morgan fingerprint density at radius 3 is 2.53 bits per heavy atom. The van der Waals surface area contributed by atoms with Gasteiger partial charge in [-0.25, -0.2) is 4.39 Å². The fourth-order valence-corrected chi connectivity index (χ4v) is 1.55. The van der Waals surface area contributed by atoms with Gasteiger partial charge in [-0.1, -0.05) is 26.0 Å². The first-order chi connectivity index (χ1) is 7.04. The molecule has 0 aliphatic rings. The number of hydrogen-bond donors (Lipinski definition) is 0. The van der Waals surface area contributed by atoms with Crippen molar-refractivity contribution in [3.8, 4) is 0 Å². The van der Waals surface area contributed by atoms with Gasteiger partial charge in [0, 0.05) is 5.92 Å². The largest absolute Gasteiger partial charge is 0.303 e. The Labute approximate surface area is 90.3 Å². The SMILES string of the molecule is Cc1cc(CC(C=O)C(C)C)ccc1F. The molecule has 1 aromatic carbocycles. The van der Waals surface area contributed by atoms with Crippen LogP contribution in [0.3, 0.4) is 0 Å². The molecule has 0 radical (unpaired) electrons. The van der Waals surface area contributed by atoms with Crippen LogP contribution >= 0.6 is 0 Å².